The van der Waals surface area contributed by atoms with E-state index >= 15 is 0 Å². The van der Waals surface area contributed by atoms with Crippen LogP contribution in [0.4, 0.5) is 0 Å². The van der Waals surface area contributed by atoms with E-state index in [-0.39, 0.29) is 23.0 Å². The average molecular weight is 281 g/mol. The lowest BCUT2D eigenvalue weighted by Gasteiger charge is -2.25. The maximum Gasteiger partial charge on any atom is 0.243 e. The Balaban J connectivity index is 2.28. The molecule has 0 unspecified atom stereocenters. The van der Waals surface area contributed by atoms with Crippen molar-refractivity contribution in [3.8, 4) is 0 Å². The molecule has 1 aliphatic heterocycles. The average Bonchev–Trinajstić information content (AvgIpc) is 2.39. The van der Waals surface area contributed by atoms with Crippen LogP contribution in [0.3, 0.4) is 0 Å². The van der Waals surface area contributed by atoms with Gasteiger partial charge in [-0.2, -0.15) is 4.31 Å². The number of benzene rings is 1. The van der Waals surface area contributed by atoms with E-state index < -0.39 is 10.0 Å². The summed E-state index contributed by atoms with van der Waals surface area (Å²) >= 11 is 0. The van der Waals surface area contributed by atoms with Gasteiger partial charge in [0.2, 0.25) is 10.0 Å². The minimum atomic E-state index is -3.64. The molecule has 0 N–H and O–H groups in total. The quantitative estimate of drug-likeness (QED) is 0.782. The van der Waals surface area contributed by atoms with E-state index in [1.165, 1.54) is 35.5 Å². The monoisotopic (exact) mass is 281 g/mol. The first kappa shape index (κ1) is 13.9. The first-order valence-corrected chi connectivity index (χ1v) is 7.48. The normalized spacial score (nSPS) is 17.4. The Morgan fingerprint density at radius 1 is 1.21 bits per heavy atom. The zero-order chi connectivity index (χ0) is 14.0. The van der Waals surface area contributed by atoms with E-state index in [1.54, 1.807) is 0 Å². The second kappa shape index (κ2) is 5.22. The lowest BCUT2D eigenvalue weighted by molar-refractivity contribution is -0.120. The lowest BCUT2D eigenvalue weighted by atomic mass is 10.1. The van der Waals surface area contributed by atoms with Gasteiger partial charge in [-0.05, 0) is 25.5 Å². The van der Waals surface area contributed by atoms with Gasteiger partial charge in [-0.25, -0.2) is 8.42 Å². The fraction of sp³-hybridized carbons (Fsp3) is 0.385. The van der Waals surface area contributed by atoms with Gasteiger partial charge in [0.15, 0.2) is 5.78 Å². The van der Waals surface area contributed by atoms with Crippen LogP contribution in [0.25, 0.3) is 0 Å². The van der Waals surface area contributed by atoms with Crippen LogP contribution in [0.5, 0.6) is 0 Å². The molecule has 1 aromatic carbocycles. The molecule has 2 rings (SSSR count). The van der Waals surface area contributed by atoms with Crippen molar-refractivity contribution in [2.24, 2.45) is 0 Å². The highest BCUT2D eigenvalue weighted by molar-refractivity contribution is 7.89. The van der Waals surface area contributed by atoms with Crippen LogP contribution in [-0.4, -0.2) is 37.4 Å². The van der Waals surface area contributed by atoms with Crippen LogP contribution in [-0.2, 0) is 14.8 Å². The van der Waals surface area contributed by atoms with Gasteiger partial charge in [0, 0.05) is 18.5 Å². The summed E-state index contributed by atoms with van der Waals surface area (Å²) in [5, 5.41) is 0. The molecule has 0 spiro atoms. The summed E-state index contributed by atoms with van der Waals surface area (Å²) in [7, 11) is -3.64. The summed E-state index contributed by atoms with van der Waals surface area (Å²) in [5.41, 5.74) is 0.466. The number of sulfonamides is 1. The van der Waals surface area contributed by atoms with Crippen LogP contribution in [0, 0.1) is 0 Å². The minimum Gasteiger partial charge on any atom is -0.298 e. The van der Waals surface area contributed by atoms with E-state index in [2.05, 4.69) is 0 Å². The standard InChI is InChI=1S/C13H15NO4S/c1-10(15)11-4-6-13(7-5-11)19(17,18)14-8-2-3-12(16)9-14/h4-7H,2-3,8-9H2,1H3. The second-order valence-corrected chi connectivity index (χ2v) is 6.50. The number of Topliss-reactive ketones (excluding diaryl/α,β-unsaturated/α-hetero) is 2. The molecule has 5 nitrogen and oxygen atoms in total. The summed E-state index contributed by atoms with van der Waals surface area (Å²) in [6.45, 7) is 1.73. The molecule has 0 radical (unpaired) electrons. The first-order chi connectivity index (χ1) is 8.91. The molecule has 0 aromatic heterocycles. The van der Waals surface area contributed by atoms with Crippen LogP contribution < -0.4 is 0 Å². The number of carbonyl (C=O) groups excluding carboxylic acids is 2. The van der Waals surface area contributed by atoms with Crippen molar-refractivity contribution >= 4 is 21.6 Å². The van der Waals surface area contributed by atoms with Crippen LogP contribution in [0.15, 0.2) is 29.2 Å². The van der Waals surface area contributed by atoms with Gasteiger partial charge in [0.05, 0.1) is 11.4 Å². The summed E-state index contributed by atoms with van der Waals surface area (Å²) in [5.74, 6) is -0.174. The SMILES string of the molecule is CC(=O)c1ccc(S(=O)(=O)N2CCCC(=O)C2)cc1. The van der Waals surface area contributed by atoms with Crippen molar-refractivity contribution in [3.05, 3.63) is 29.8 Å². The maximum atomic E-state index is 12.3. The molecule has 1 saturated heterocycles. The van der Waals surface area contributed by atoms with Crippen LogP contribution in [0.2, 0.25) is 0 Å². The van der Waals surface area contributed by atoms with Gasteiger partial charge in [0.1, 0.15) is 5.78 Å². The Kier molecular flexibility index (Phi) is 3.82. The Hall–Kier alpha value is -1.53. The number of nitrogens with zero attached hydrogens (tertiary/aromatic N) is 1. The molecule has 0 aliphatic carbocycles. The molecule has 102 valence electrons. The van der Waals surface area contributed by atoms with E-state index in [0.717, 1.165) is 0 Å². The molecule has 1 aromatic rings. The predicted octanol–water partition coefficient (Wildman–Crippen LogP) is 1.24. The molecule has 1 aliphatic rings. The Labute approximate surface area is 112 Å². The van der Waals surface area contributed by atoms with Crippen molar-refractivity contribution in [3.63, 3.8) is 0 Å². The molecule has 0 bridgehead atoms. The largest absolute Gasteiger partial charge is 0.298 e. The fourth-order valence-corrected chi connectivity index (χ4v) is 3.48. The van der Waals surface area contributed by atoms with Gasteiger partial charge < -0.3 is 0 Å². The van der Waals surface area contributed by atoms with Crippen molar-refractivity contribution in [2.45, 2.75) is 24.7 Å². The van der Waals surface area contributed by atoms with Gasteiger partial charge in [0.25, 0.3) is 0 Å². The Bertz CT molecular complexity index is 604. The summed E-state index contributed by atoms with van der Waals surface area (Å²) < 4.78 is 25.8. The Morgan fingerprint density at radius 2 is 1.84 bits per heavy atom. The topological polar surface area (TPSA) is 71.5 Å². The molecule has 6 heteroatoms. The molecular weight excluding hydrogens is 266 g/mol. The van der Waals surface area contributed by atoms with E-state index in [0.29, 0.717) is 24.9 Å². The highest BCUT2D eigenvalue weighted by atomic mass is 32.2. The predicted molar refractivity (Wildman–Crippen MR) is 69.4 cm³/mol. The van der Waals surface area contributed by atoms with Crippen molar-refractivity contribution in [2.75, 3.05) is 13.1 Å². The van der Waals surface area contributed by atoms with Crippen LogP contribution in [0.1, 0.15) is 30.1 Å². The molecule has 0 atom stereocenters. The van der Waals surface area contributed by atoms with Gasteiger partial charge in [-0.3, -0.25) is 9.59 Å². The van der Waals surface area contributed by atoms with E-state index in [1.807, 2.05) is 0 Å². The third-order valence-corrected chi connectivity index (χ3v) is 4.97. The summed E-state index contributed by atoms with van der Waals surface area (Å²) in [6, 6.07) is 5.79. The molecule has 19 heavy (non-hydrogen) atoms. The van der Waals surface area contributed by atoms with Crippen molar-refractivity contribution < 1.29 is 18.0 Å². The zero-order valence-electron chi connectivity index (χ0n) is 10.6. The van der Waals surface area contributed by atoms with Gasteiger partial charge in [-0.15, -0.1) is 0 Å². The zero-order valence-corrected chi connectivity index (χ0v) is 11.4. The highest BCUT2D eigenvalue weighted by Crippen LogP contribution is 2.19. The lowest BCUT2D eigenvalue weighted by Crippen LogP contribution is -2.40. The van der Waals surface area contributed by atoms with Gasteiger partial charge in [-0.1, -0.05) is 12.1 Å². The highest BCUT2D eigenvalue weighted by Gasteiger charge is 2.29. The maximum absolute atomic E-state index is 12.3. The molecule has 0 saturated carbocycles. The third-order valence-electron chi connectivity index (χ3n) is 3.11. The summed E-state index contributed by atoms with van der Waals surface area (Å²) in [6.07, 6.45) is 0.999. The Morgan fingerprint density at radius 3 is 2.37 bits per heavy atom. The second-order valence-electron chi connectivity index (χ2n) is 4.56. The molecular formula is C13H15NO4S. The first-order valence-electron chi connectivity index (χ1n) is 6.04. The molecule has 1 fully saturated rings. The number of ketones is 2. The minimum absolute atomic E-state index is 0.0587. The van der Waals surface area contributed by atoms with Crippen molar-refractivity contribution in [1.82, 2.24) is 4.31 Å². The summed E-state index contributed by atoms with van der Waals surface area (Å²) in [4.78, 5) is 22.6. The molecule has 1 heterocycles. The number of rotatable bonds is 3. The van der Waals surface area contributed by atoms with Crippen LogP contribution >= 0.6 is 0 Å². The van der Waals surface area contributed by atoms with Crippen molar-refractivity contribution in [1.29, 1.82) is 0 Å². The molecule has 0 amide bonds. The van der Waals surface area contributed by atoms with E-state index in [9.17, 15) is 18.0 Å². The number of carbonyl (C=O) groups is 2. The van der Waals surface area contributed by atoms with E-state index in [4.69, 9.17) is 0 Å². The number of hydrogen-bond donors (Lipinski definition) is 0. The van der Waals surface area contributed by atoms with Gasteiger partial charge >= 0.3 is 0 Å². The smallest absolute Gasteiger partial charge is 0.243 e. The number of hydrogen-bond acceptors (Lipinski definition) is 4. The fourth-order valence-electron chi connectivity index (χ4n) is 2.02. The number of piperidine rings is 1. The third kappa shape index (κ3) is 2.90.